The van der Waals surface area contributed by atoms with E-state index in [2.05, 4.69) is 5.10 Å². The van der Waals surface area contributed by atoms with Gasteiger partial charge in [-0.3, -0.25) is 9.59 Å². The Morgan fingerprint density at radius 1 is 1.04 bits per heavy atom. The molecule has 0 unspecified atom stereocenters. The van der Waals surface area contributed by atoms with Gasteiger partial charge in [-0.2, -0.15) is 5.10 Å². The highest BCUT2D eigenvalue weighted by Gasteiger charge is 2.17. The number of aromatic nitrogens is 2. The van der Waals surface area contributed by atoms with Crippen molar-refractivity contribution in [1.29, 1.82) is 0 Å². The third-order valence-corrected chi connectivity index (χ3v) is 4.19. The van der Waals surface area contributed by atoms with Crippen LogP contribution in [-0.4, -0.2) is 27.1 Å². The Morgan fingerprint density at radius 2 is 1.78 bits per heavy atom. The fourth-order valence-corrected chi connectivity index (χ4v) is 2.78. The molecule has 2 aromatic carbocycles. The third kappa shape index (κ3) is 4.67. The van der Waals surface area contributed by atoms with E-state index in [0.717, 1.165) is 5.56 Å². The second kappa shape index (κ2) is 8.40. The molecule has 0 N–H and O–H groups in total. The average molecular weight is 365 g/mol. The van der Waals surface area contributed by atoms with Crippen molar-refractivity contribution in [2.75, 3.05) is 6.54 Å². The van der Waals surface area contributed by atoms with Crippen molar-refractivity contribution in [3.8, 4) is 0 Å². The second-order valence-electron chi connectivity index (χ2n) is 6.15. The van der Waals surface area contributed by atoms with Crippen LogP contribution < -0.4 is 5.56 Å². The number of carbonyl (C=O) groups is 1. The molecule has 27 heavy (non-hydrogen) atoms. The first-order valence-electron chi connectivity index (χ1n) is 8.72. The number of rotatable bonds is 6. The minimum Gasteiger partial charge on any atom is -0.333 e. The summed E-state index contributed by atoms with van der Waals surface area (Å²) in [5, 5.41) is 4.23. The maximum Gasteiger partial charge on any atom is 0.274 e. The van der Waals surface area contributed by atoms with Crippen LogP contribution >= 0.6 is 0 Å². The Kier molecular flexibility index (Phi) is 5.76. The van der Waals surface area contributed by atoms with Gasteiger partial charge in [-0.25, -0.2) is 9.07 Å². The van der Waals surface area contributed by atoms with Crippen LogP contribution in [0.1, 0.15) is 28.5 Å². The number of halogens is 1. The van der Waals surface area contributed by atoms with Crippen LogP contribution in [0.25, 0.3) is 0 Å². The molecule has 0 radical (unpaired) electrons. The zero-order valence-electron chi connectivity index (χ0n) is 15.0. The minimum atomic E-state index is -0.342. The maximum atomic E-state index is 13.4. The lowest BCUT2D eigenvalue weighted by Crippen LogP contribution is -2.33. The number of carbonyl (C=O) groups excluding carboxylic acids is 1. The number of hydrogen-bond donors (Lipinski definition) is 0. The molecule has 1 amide bonds. The van der Waals surface area contributed by atoms with Crippen LogP contribution in [-0.2, 0) is 13.1 Å². The van der Waals surface area contributed by atoms with E-state index in [1.165, 1.54) is 28.9 Å². The number of amides is 1. The average Bonchev–Trinajstić information content (AvgIpc) is 2.68. The first kappa shape index (κ1) is 18.5. The van der Waals surface area contributed by atoms with Crippen LogP contribution in [0.2, 0.25) is 0 Å². The fourth-order valence-electron chi connectivity index (χ4n) is 2.78. The van der Waals surface area contributed by atoms with Crippen molar-refractivity contribution in [3.05, 3.63) is 99.7 Å². The molecule has 138 valence electrons. The zero-order valence-corrected chi connectivity index (χ0v) is 15.0. The minimum absolute atomic E-state index is 0.184. The quantitative estimate of drug-likeness (QED) is 0.675. The van der Waals surface area contributed by atoms with E-state index in [1.807, 2.05) is 37.3 Å². The van der Waals surface area contributed by atoms with Crippen LogP contribution in [0.3, 0.4) is 0 Å². The van der Waals surface area contributed by atoms with Gasteiger partial charge in [-0.15, -0.1) is 0 Å². The summed E-state index contributed by atoms with van der Waals surface area (Å²) < 4.78 is 14.7. The van der Waals surface area contributed by atoms with E-state index >= 15 is 0 Å². The molecule has 6 heteroatoms. The lowest BCUT2D eigenvalue weighted by molar-refractivity contribution is 0.0743. The normalized spacial score (nSPS) is 10.6. The zero-order chi connectivity index (χ0) is 19.2. The van der Waals surface area contributed by atoms with Gasteiger partial charge in [-0.1, -0.05) is 42.5 Å². The van der Waals surface area contributed by atoms with Gasteiger partial charge in [0.25, 0.3) is 11.5 Å². The molecule has 5 nitrogen and oxygen atoms in total. The predicted octanol–water partition coefficient (Wildman–Crippen LogP) is 3.09. The molecule has 1 heterocycles. The molecule has 0 saturated heterocycles. The topological polar surface area (TPSA) is 55.2 Å². The second-order valence-corrected chi connectivity index (χ2v) is 6.15. The summed E-state index contributed by atoms with van der Waals surface area (Å²) in [5.74, 6) is -0.644. The highest BCUT2D eigenvalue weighted by Crippen LogP contribution is 2.10. The smallest absolute Gasteiger partial charge is 0.274 e. The first-order chi connectivity index (χ1) is 13.1. The summed E-state index contributed by atoms with van der Waals surface area (Å²) in [7, 11) is 0. The summed E-state index contributed by atoms with van der Waals surface area (Å²) in [6.07, 6.45) is 0. The molecular weight excluding hydrogens is 345 g/mol. The van der Waals surface area contributed by atoms with Gasteiger partial charge in [0.05, 0.1) is 6.54 Å². The third-order valence-electron chi connectivity index (χ3n) is 4.19. The van der Waals surface area contributed by atoms with Crippen molar-refractivity contribution >= 4 is 5.91 Å². The lowest BCUT2D eigenvalue weighted by atomic mass is 10.2. The first-order valence-corrected chi connectivity index (χ1v) is 8.72. The largest absolute Gasteiger partial charge is 0.333 e. The van der Waals surface area contributed by atoms with E-state index in [9.17, 15) is 14.0 Å². The number of benzene rings is 2. The molecule has 1 aromatic heterocycles. The van der Waals surface area contributed by atoms with Crippen molar-refractivity contribution in [3.63, 3.8) is 0 Å². The van der Waals surface area contributed by atoms with E-state index < -0.39 is 0 Å². The maximum absolute atomic E-state index is 13.4. The Balaban J connectivity index is 1.82. The summed E-state index contributed by atoms with van der Waals surface area (Å²) in [4.78, 5) is 26.5. The monoisotopic (exact) mass is 365 g/mol. The number of nitrogens with zero attached hydrogens (tertiary/aromatic N) is 3. The SMILES string of the molecule is CCN(Cc1cccc(F)c1)C(=O)c1ccc(=O)n(Cc2ccccc2)n1. The summed E-state index contributed by atoms with van der Waals surface area (Å²) in [6.45, 7) is 2.84. The summed E-state index contributed by atoms with van der Waals surface area (Å²) in [6, 6.07) is 18.4. The molecule has 0 aliphatic rings. The molecule has 0 aliphatic carbocycles. The molecule has 3 rings (SSSR count). The molecular formula is C21H20FN3O2. The van der Waals surface area contributed by atoms with Crippen molar-refractivity contribution in [2.24, 2.45) is 0 Å². The Labute approximate surface area is 156 Å². The van der Waals surface area contributed by atoms with Gasteiger partial charge in [0.2, 0.25) is 0 Å². The molecule has 0 aliphatic heterocycles. The molecule has 3 aromatic rings. The molecule has 0 bridgehead atoms. The predicted molar refractivity (Wildman–Crippen MR) is 101 cm³/mol. The van der Waals surface area contributed by atoms with Crippen molar-refractivity contribution in [2.45, 2.75) is 20.0 Å². The number of hydrogen-bond acceptors (Lipinski definition) is 3. The van der Waals surface area contributed by atoms with Gasteiger partial charge in [-0.05, 0) is 36.2 Å². The van der Waals surface area contributed by atoms with Crippen LogP contribution in [0.15, 0.2) is 71.5 Å². The van der Waals surface area contributed by atoms with Gasteiger partial charge in [0.1, 0.15) is 11.5 Å². The van der Waals surface area contributed by atoms with Crippen LogP contribution in [0.4, 0.5) is 4.39 Å². The summed E-state index contributed by atoms with van der Waals surface area (Å²) in [5.41, 5.74) is 1.53. The van der Waals surface area contributed by atoms with E-state index in [1.54, 1.807) is 17.0 Å². The van der Waals surface area contributed by atoms with Gasteiger partial charge >= 0.3 is 0 Å². The van der Waals surface area contributed by atoms with Gasteiger partial charge < -0.3 is 4.90 Å². The standard InChI is InChI=1S/C21H20FN3O2/c1-2-24(14-17-9-6-10-18(22)13-17)21(27)19-11-12-20(26)25(23-19)15-16-7-4-3-5-8-16/h3-13H,2,14-15H2,1H3. The Hall–Kier alpha value is -3.28. The molecule has 0 atom stereocenters. The lowest BCUT2D eigenvalue weighted by Gasteiger charge is -2.21. The Bertz CT molecular complexity index is 986. The van der Waals surface area contributed by atoms with Crippen LogP contribution in [0.5, 0.6) is 0 Å². The van der Waals surface area contributed by atoms with Gasteiger partial charge in [0, 0.05) is 19.2 Å². The van der Waals surface area contributed by atoms with Crippen molar-refractivity contribution in [1.82, 2.24) is 14.7 Å². The van der Waals surface area contributed by atoms with E-state index in [4.69, 9.17) is 0 Å². The highest BCUT2D eigenvalue weighted by molar-refractivity contribution is 5.92. The fraction of sp³-hybridized carbons (Fsp3) is 0.190. The van der Waals surface area contributed by atoms with E-state index in [-0.39, 0.29) is 36.1 Å². The molecule has 0 saturated carbocycles. The van der Waals surface area contributed by atoms with Crippen molar-refractivity contribution < 1.29 is 9.18 Å². The van der Waals surface area contributed by atoms with E-state index in [0.29, 0.717) is 12.1 Å². The highest BCUT2D eigenvalue weighted by atomic mass is 19.1. The Morgan fingerprint density at radius 3 is 2.48 bits per heavy atom. The summed E-state index contributed by atoms with van der Waals surface area (Å²) >= 11 is 0. The van der Waals surface area contributed by atoms with Gasteiger partial charge in [0.15, 0.2) is 0 Å². The van der Waals surface area contributed by atoms with Crippen LogP contribution in [0, 0.1) is 5.82 Å². The molecule has 0 spiro atoms. The molecule has 0 fully saturated rings.